The molecule has 2 aromatic carbocycles. The fraction of sp³-hybridized carbons (Fsp3) is 0.263. The van der Waals surface area contributed by atoms with Crippen LogP contribution in [0.15, 0.2) is 46.9 Å². The van der Waals surface area contributed by atoms with Crippen LogP contribution < -0.4 is 0 Å². The minimum atomic E-state index is 1.17. The highest BCUT2D eigenvalue weighted by atomic mass is 79.9. The zero-order valence-electron chi connectivity index (χ0n) is 12.5. The second kappa shape index (κ2) is 6.07. The molecule has 0 aliphatic heterocycles. The van der Waals surface area contributed by atoms with Crippen LogP contribution in [0.4, 0.5) is 0 Å². The summed E-state index contributed by atoms with van der Waals surface area (Å²) >= 11 is 3.62. The minimum Gasteiger partial charge on any atom is -0.354 e. The maximum Gasteiger partial charge on any atom is 0.0497 e. The Labute approximate surface area is 134 Å². The predicted octanol–water partition coefficient (Wildman–Crippen LogP) is 6.11. The molecule has 108 valence electrons. The molecule has 1 heterocycles. The number of H-pyrrole nitrogens is 1. The highest BCUT2D eigenvalue weighted by Gasteiger charge is 2.19. The lowest BCUT2D eigenvalue weighted by Gasteiger charge is -2.13. The summed E-state index contributed by atoms with van der Waals surface area (Å²) in [4.78, 5) is 3.62. The van der Waals surface area contributed by atoms with Crippen LogP contribution in [-0.4, -0.2) is 4.98 Å². The molecule has 2 heteroatoms. The average Bonchev–Trinajstić information content (AvgIpc) is 2.90. The monoisotopic (exact) mass is 341 g/mol. The van der Waals surface area contributed by atoms with Gasteiger partial charge in [0, 0.05) is 21.1 Å². The van der Waals surface area contributed by atoms with Gasteiger partial charge < -0.3 is 4.98 Å². The summed E-state index contributed by atoms with van der Waals surface area (Å²) in [5.41, 5.74) is 6.82. The molecular weight excluding hydrogens is 322 g/mol. The molecule has 0 saturated heterocycles. The van der Waals surface area contributed by atoms with Crippen LogP contribution in [0.2, 0.25) is 0 Å². The Hall–Kier alpha value is -1.54. The number of nitrogens with one attached hydrogen (secondary N) is 1. The summed E-state index contributed by atoms with van der Waals surface area (Å²) in [6, 6.07) is 15.1. The lowest BCUT2D eigenvalue weighted by molar-refractivity contribution is 0.810. The van der Waals surface area contributed by atoms with Crippen LogP contribution in [0.5, 0.6) is 0 Å². The fourth-order valence-electron chi connectivity index (χ4n) is 3.21. The summed E-state index contributed by atoms with van der Waals surface area (Å²) in [5.74, 6) is 0. The molecule has 3 aromatic rings. The molecule has 0 bridgehead atoms. The van der Waals surface area contributed by atoms with Crippen LogP contribution in [0.25, 0.3) is 22.2 Å². The third-order valence-electron chi connectivity index (χ3n) is 3.98. The van der Waals surface area contributed by atoms with Gasteiger partial charge in [-0.05, 0) is 48.1 Å². The van der Waals surface area contributed by atoms with Gasteiger partial charge >= 0.3 is 0 Å². The van der Waals surface area contributed by atoms with Crippen molar-refractivity contribution in [2.75, 3.05) is 0 Å². The normalized spacial score (nSPS) is 12.9. The van der Waals surface area contributed by atoms with Crippen molar-refractivity contribution >= 4 is 26.8 Å². The summed E-state index contributed by atoms with van der Waals surface area (Å²) in [7, 11) is 0. The van der Waals surface area contributed by atoms with Gasteiger partial charge in [0.2, 0.25) is 0 Å². The van der Waals surface area contributed by atoms with Gasteiger partial charge in [0.25, 0.3) is 0 Å². The molecule has 0 radical (unpaired) electrons. The minimum absolute atomic E-state index is 1.17. The Morgan fingerprint density at radius 1 is 1.00 bits per heavy atom. The van der Waals surface area contributed by atoms with E-state index in [2.05, 4.69) is 63.4 Å². The van der Waals surface area contributed by atoms with Crippen LogP contribution in [0, 0.1) is 0 Å². The molecule has 1 aliphatic rings. The van der Waals surface area contributed by atoms with Gasteiger partial charge in [0.05, 0.1) is 0 Å². The molecule has 1 aliphatic carbocycles. The highest BCUT2D eigenvalue weighted by Crippen LogP contribution is 2.38. The first kappa shape index (κ1) is 14.4. The number of aryl methyl sites for hydroxylation is 2. The van der Waals surface area contributed by atoms with E-state index in [0.717, 1.165) is 0 Å². The molecule has 0 atom stereocenters. The number of hydrogen-bond donors (Lipinski definition) is 1. The smallest absolute Gasteiger partial charge is 0.0497 e. The van der Waals surface area contributed by atoms with Gasteiger partial charge in [-0.2, -0.15) is 0 Å². The molecule has 1 aromatic heterocycles. The highest BCUT2D eigenvalue weighted by molar-refractivity contribution is 9.10. The van der Waals surface area contributed by atoms with Crippen molar-refractivity contribution in [1.82, 2.24) is 4.98 Å². The van der Waals surface area contributed by atoms with Crippen molar-refractivity contribution < 1.29 is 0 Å². The van der Waals surface area contributed by atoms with Gasteiger partial charge in [-0.1, -0.05) is 60.1 Å². The van der Waals surface area contributed by atoms with Crippen molar-refractivity contribution in [2.45, 2.75) is 33.1 Å². The van der Waals surface area contributed by atoms with Gasteiger partial charge in [0.15, 0.2) is 0 Å². The molecule has 21 heavy (non-hydrogen) atoms. The van der Waals surface area contributed by atoms with E-state index in [9.17, 15) is 0 Å². The molecule has 4 rings (SSSR count). The summed E-state index contributed by atoms with van der Waals surface area (Å²) < 4.78 is 1.17. The van der Waals surface area contributed by atoms with Crippen molar-refractivity contribution in [2.24, 2.45) is 0 Å². The Bertz CT molecular complexity index is 756. The number of rotatable bonds is 1. The Morgan fingerprint density at radius 3 is 2.52 bits per heavy atom. The molecule has 0 fully saturated rings. The Kier molecular flexibility index (Phi) is 4.16. The second-order valence-electron chi connectivity index (χ2n) is 5.19. The van der Waals surface area contributed by atoms with Crippen molar-refractivity contribution in [3.05, 3.63) is 58.1 Å². The summed E-state index contributed by atoms with van der Waals surface area (Å²) in [6.45, 7) is 4.00. The molecule has 1 nitrogen and oxygen atoms in total. The molecule has 0 spiro atoms. The predicted molar refractivity (Wildman–Crippen MR) is 94.8 cm³/mol. The van der Waals surface area contributed by atoms with E-state index in [-0.39, 0.29) is 0 Å². The largest absolute Gasteiger partial charge is 0.354 e. The number of aromatic nitrogens is 1. The number of hydrogen-bond acceptors (Lipinski definition) is 0. The van der Waals surface area contributed by atoms with E-state index in [0.29, 0.717) is 0 Å². The van der Waals surface area contributed by atoms with E-state index < -0.39 is 0 Å². The first-order valence-corrected chi connectivity index (χ1v) is 8.50. The Morgan fingerprint density at radius 2 is 1.76 bits per heavy atom. The summed E-state index contributed by atoms with van der Waals surface area (Å²) in [5, 5.41) is 1.45. The van der Waals surface area contributed by atoms with Crippen LogP contribution >= 0.6 is 15.9 Å². The zero-order chi connectivity index (χ0) is 14.8. The van der Waals surface area contributed by atoms with E-state index in [1.165, 1.54) is 57.0 Å². The first-order chi connectivity index (χ1) is 10.3. The lowest BCUT2D eigenvalue weighted by atomic mass is 9.90. The molecule has 0 saturated carbocycles. The van der Waals surface area contributed by atoms with Crippen LogP contribution in [0.3, 0.4) is 0 Å². The van der Waals surface area contributed by atoms with Gasteiger partial charge in [-0.15, -0.1) is 0 Å². The van der Waals surface area contributed by atoms with Crippen LogP contribution in [-0.2, 0) is 12.8 Å². The van der Waals surface area contributed by atoms with Crippen molar-refractivity contribution in [1.29, 1.82) is 0 Å². The van der Waals surface area contributed by atoms with Gasteiger partial charge in [-0.25, -0.2) is 0 Å². The standard InChI is InChI=1S/C17H14BrN.C2H6/c18-13-9-12-7-4-8-14-16(12)15(10-13)19-17(14)11-5-2-1-3-6-11;1-2/h1-3,5-6,9-10,19H,4,7-8H2;1-2H3. The van der Waals surface area contributed by atoms with Gasteiger partial charge in [-0.3, -0.25) is 0 Å². The maximum atomic E-state index is 3.62. The number of aromatic amines is 1. The first-order valence-electron chi connectivity index (χ1n) is 7.71. The zero-order valence-corrected chi connectivity index (χ0v) is 14.1. The van der Waals surface area contributed by atoms with E-state index >= 15 is 0 Å². The topological polar surface area (TPSA) is 15.8 Å². The van der Waals surface area contributed by atoms with Crippen LogP contribution in [0.1, 0.15) is 31.4 Å². The van der Waals surface area contributed by atoms with E-state index in [1.54, 1.807) is 0 Å². The SMILES string of the molecule is Brc1cc2c3c(c(-c4ccccc4)[nH]c3c1)CCC2.CC. The number of benzene rings is 2. The third-order valence-corrected chi connectivity index (χ3v) is 4.44. The van der Waals surface area contributed by atoms with E-state index in [4.69, 9.17) is 0 Å². The Balaban J connectivity index is 0.000000636. The van der Waals surface area contributed by atoms with Crippen molar-refractivity contribution in [3.63, 3.8) is 0 Å². The van der Waals surface area contributed by atoms with Crippen molar-refractivity contribution in [3.8, 4) is 11.3 Å². The maximum absolute atomic E-state index is 3.62. The fourth-order valence-corrected chi connectivity index (χ4v) is 3.71. The quantitative estimate of drug-likeness (QED) is 0.549. The van der Waals surface area contributed by atoms with Gasteiger partial charge in [0.1, 0.15) is 0 Å². The number of halogens is 1. The van der Waals surface area contributed by atoms with E-state index in [1.807, 2.05) is 13.8 Å². The molecule has 0 amide bonds. The summed E-state index contributed by atoms with van der Waals surface area (Å²) in [6.07, 6.45) is 3.62. The third kappa shape index (κ3) is 2.53. The average molecular weight is 342 g/mol. The molecule has 0 unspecified atom stereocenters. The molecule has 1 N–H and O–H groups in total. The lowest BCUT2D eigenvalue weighted by Crippen LogP contribution is -1.99. The second-order valence-corrected chi connectivity index (χ2v) is 6.10. The molecular formula is C19H20BrN.